The van der Waals surface area contributed by atoms with E-state index in [2.05, 4.69) is 16.9 Å². The van der Waals surface area contributed by atoms with E-state index in [1.807, 2.05) is 0 Å². The molecule has 108 valence electrons. The average Bonchev–Trinajstić information content (AvgIpc) is 2.45. The van der Waals surface area contributed by atoms with Gasteiger partial charge in [-0.05, 0) is 19.4 Å². The van der Waals surface area contributed by atoms with Crippen molar-refractivity contribution in [1.29, 1.82) is 0 Å². The Hall–Kier alpha value is -2.63. The van der Waals surface area contributed by atoms with Gasteiger partial charge in [-0.15, -0.1) is 0 Å². The molecule has 2 rings (SSSR count). The molecule has 1 N–H and O–H groups in total. The van der Waals surface area contributed by atoms with Crippen LogP contribution in [0.15, 0.2) is 30.6 Å². The van der Waals surface area contributed by atoms with E-state index in [1.54, 1.807) is 0 Å². The minimum atomic E-state index is -0.754. The van der Waals surface area contributed by atoms with Gasteiger partial charge in [0.15, 0.2) is 11.6 Å². The molecule has 1 aliphatic heterocycles. The molecule has 1 atom stereocenters. The van der Waals surface area contributed by atoms with Gasteiger partial charge < -0.3 is 0 Å². The van der Waals surface area contributed by atoms with Crippen LogP contribution in [-0.2, 0) is 9.59 Å². The standard InChI is InChI=1S/C15H14N2O4/c1-8(10-3-4-13(19)17-15(10)21)14(20)12-7-16-6-5-11(12)9(2)18/h5-7,10H,1,3-4H2,2H3,(H,17,19,21). The van der Waals surface area contributed by atoms with Gasteiger partial charge in [-0.25, -0.2) is 0 Å². The molecule has 0 saturated carbocycles. The van der Waals surface area contributed by atoms with E-state index < -0.39 is 17.6 Å². The molecule has 1 aromatic rings. The topological polar surface area (TPSA) is 93.2 Å². The van der Waals surface area contributed by atoms with Crippen LogP contribution in [0.3, 0.4) is 0 Å². The van der Waals surface area contributed by atoms with Crippen molar-refractivity contribution in [2.75, 3.05) is 0 Å². The Morgan fingerprint density at radius 2 is 2.05 bits per heavy atom. The van der Waals surface area contributed by atoms with Gasteiger partial charge in [-0.2, -0.15) is 0 Å². The predicted octanol–water partition coefficient (Wildman–Crippen LogP) is 1.08. The summed E-state index contributed by atoms with van der Waals surface area (Å²) in [6, 6.07) is 1.45. The van der Waals surface area contributed by atoms with Crippen LogP contribution in [-0.4, -0.2) is 28.4 Å². The number of pyridine rings is 1. The lowest BCUT2D eigenvalue weighted by Gasteiger charge is -2.22. The molecule has 1 fully saturated rings. The maximum absolute atomic E-state index is 12.4. The number of imide groups is 1. The lowest BCUT2D eigenvalue weighted by atomic mass is 9.86. The van der Waals surface area contributed by atoms with E-state index in [0.29, 0.717) is 0 Å². The van der Waals surface area contributed by atoms with Crippen LogP contribution in [0.4, 0.5) is 0 Å². The van der Waals surface area contributed by atoms with Crippen molar-refractivity contribution in [1.82, 2.24) is 10.3 Å². The molecule has 0 radical (unpaired) electrons. The molecule has 0 bridgehead atoms. The number of carbonyl (C=O) groups is 4. The summed E-state index contributed by atoms with van der Waals surface area (Å²) in [5.74, 6) is -2.41. The molecule has 6 nitrogen and oxygen atoms in total. The average molecular weight is 286 g/mol. The van der Waals surface area contributed by atoms with Crippen LogP contribution >= 0.6 is 0 Å². The van der Waals surface area contributed by atoms with Crippen molar-refractivity contribution in [2.24, 2.45) is 5.92 Å². The van der Waals surface area contributed by atoms with Crippen molar-refractivity contribution >= 4 is 23.4 Å². The van der Waals surface area contributed by atoms with Gasteiger partial charge in [0.1, 0.15) is 0 Å². The number of nitrogens with zero attached hydrogens (tertiary/aromatic N) is 1. The molecule has 1 unspecified atom stereocenters. The molecule has 0 spiro atoms. The molecule has 21 heavy (non-hydrogen) atoms. The summed E-state index contributed by atoms with van der Waals surface area (Å²) in [7, 11) is 0. The van der Waals surface area contributed by atoms with Crippen molar-refractivity contribution in [3.8, 4) is 0 Å². The van der Waals surface area contributed by atoms with E-state index in [9.17, 15) is 19.2 Å². The molecule has 0 aromatic carbocycles. The summed E-state index contributed by atoms with van der Waals surface area (Å²) in [5.41, 5.74) is 0.429. The molecular weight excluding hydrogens is 272 g/mol. The number of Topliss-reactive ketones (excluding diaryl/α,β-unsaturated/α-hetero) is 2. The lowest BCUT2D eigenvalue weighted by Crippen LogP contribution is -2.42. The first-order valence-electron chi connectivity index (χ1n) is 6.44. The second kappa shape index (κ2) is 5.78. The zero-order valence-electron chi connectivity index (χ0n) is 11.5. The van der Waals surface area contributed by atoms with Gasteiger partial charge in [-0.1, -0.05) is 6.58 Å². The van der Waals surface area contributed by atoms with Gasteiger partial charge in [0.05, 0.1) is 11.5 Å². The highest BCUT2D eigenvalue weighted by atomic mass is 16.2. The first kappa shape index (κ1) is 14.8. The van der Waals surface area contributed by atoms with Gasteiger partial charge in [0.2, 0.25) is 11.8 Å². The number of hydrogen-bond acceptors (Lipinski definition) is 5. The lowest BCUT2D eigenvalue weighted by molar-refractivity contribution is -0.135. The molecule has 2 heterocycles. The highest BCUT2D eigenvalue weighted by molar-refractivity contribution is 6.17. The Morgan fingerprint density at radius 3 is 2.67 bits per heavy atom. The first-order chi connectivity index (χ1) is 9.91. The van der Waals surface area contributed by atoms with E-state index in [0.717, 1.165) is 0 Å². The zero-order valence-corrected chi connectivity index (χ0v) is 11.5. The van der Waals surface area contributed by atoms with Crippen LogP contribution in [0.1, 0.15) is 40.5 Å². The van der Waals surface area contributed by atoms with Crippen LogP contribution in [0.2, 0.25) is 0 Å². The third-order valence-electron chi connectivity index (χ3n) is 3.40. The van der Waals surface area contributed by atoms with E-state index >= 15 is 0 Å². The quantitative estimate of drug-likeness (QED) is 0.508. The number of amides is 2. The smallest absolute Gasteiger partial charge is 0.234 e. The third-order valence-corrected chi connectivity index (χ3v) is 3.40. The number of carbonyl (C=O) groups excluding carboxylic acids is 4. The van der Waals surface area contributed by atoms with Crippen LogP contribution in [0.25, 0.3) is 0 Å². The Kier molecular flexibility index (Phi) is 4.07. The summed E-state index contributed by atoms with van der Waals surface area (Å²) in [6.07, 6.45) is 3.11. The van der Waals surface area contributed by atoms with Gasteiger partial charge in [0, 0.05) is 30.0 Å². The number of ketones is 2. The molecule has 1 aromatic heterocycles. The number of nitrogens with one attached hydrogen (secondary N) is 1. The second-order valence-electron chi connectivity index (χ2n) is 4.84. The number of rotatable bonds is 4. The Balaban J connectivity index is 2.28. The van der Waals surface area contributed by atoms with E-state index in [-0.39, 0.29) is 41.2 Å². The Bertz CT molecular complexity index is 663. The normalized spacial score (nSPS) is 18.0. The van der Waals surface area contributed by atoms with Crippen molar-refractivity contribution in [2.45, 2.75) is 19.8 Å². The summed E-state index contributed by atoms with van der Waals surface area (Å²) < 4.78 is 0. The fourth-order valence-electron chi connectivity index (χ4n) is 2.24. The van der Waals surface area contributed by atoms with E-state index in [1.165, 1.54) is 25.4 Å². The molecule has 1 saturated heterocycles. The fourth-order valence-corrected chi connectivity index (χ4v) is 2.24. The summed E-state index contributed by atoms with van der Waals surface area (Å²) in [4.78, 5) is 50.7. The van der Waals surface area contributed by atoms with E-state index in [4.69, 9.17) is 0 Å². The zero-order chi connectivity index (χ0) is 15.6. The predicted molar refractivity (Wildman–Crippen MR) is 73.6 cm³/mol. The summed E-state index contributed by atoms with van der Waals surface area (Å²) >= 11 is 0. The van der Waals surface area contributed by atoms with Crippen LogP contribution < -0.4 is 5.32 Å². The second-order valence-corrected chi connectivity index (χ2v) is 4.84. The molecule has 2 amide bonds. The van der Waals surface area contributed by atoms with Gasteiger partial charge >= 0.3 is 0 Å². The number of hydrogen-bond donors (Lipinski definition) is 1. The summed E-state index contributed by atoms with van der Waals surface area (Å²) in [5, 5.41) is 2.18. The van der Waals surface area contributed by atoms with Gasteiger partial charge in [0.25, 0.3) is 0 Å². The molecular formula is C15H14N2O4. The SMILES string of the molecule is C=C(C(=O)c1cnccc1C(C)=O)C1CCC(=O)NC1=O. The number of piperidine rings is 1. The fraction of sp³-hybridized carbons (Fsp3) is 0.267. The van der Waals surface area contributed by atoms with Crippen LogP contribution in [0.5, 0.6) is 0 Å². The Morgan fingerprint density at radius 1 is 1.33 bits per heavy atom. The monoisotopic (exact) mass is 286 g/mol. The minimum absolute atomic E-state index is 0.0653. The third kappa shape index (κ3) is 2.94. The van der Waals surface area contributed by atoms with Crippen molar-refractivity contribution < 1.29 is 19.2 Å². The van der Waals surface area contributed by atoms with Gasteiger partial charge in [-0.3, -0.25) is 29.5 Å². The first-order valence-corrected chi connectivity index (χ1v) is 6.44. The molecule has 6 heteroatoms. The highest BCUT2D eigenvalue weighted by Crippen LogP contribution is 2.24. The molecule has 1 aliphatic rings. The van der Waals surface area contributed by atoms with Crippen LogP contribution in [0, 0.1) is 5.92 Å². The number of aromatic nitrogens is 1. The molecule has 0 aliphatic carbocycles. The van der Waals surface area contributed by atoms with Crippen molar-refractivity contribution in [3.63, 3.8) is 0 Å². The maximum atomic E-state index is 12.4. The summed E-state index contributed by atoms with van der Waals surface area (Å²) in [6.45, 7) is 5.02. The maximum Gasteiger partial charge on any atom is 0.234 e. The Labute approximate surface area is 121 Å². The highest BCUT2D eigenvalue weighted by Gasteiger charge is 2.32. The minimum Gasteiger partial charge on any atom is -0.296 e. The van der Waals surface area contributed by atoms with Crippen molar-refractivity contribution in [3.05, 3.63) is 41.7 Å². The largest absolute Gasteiger partial charge is 0.296 e.